The molecule has 3 rings (SSSR count). The van der Waals surface area contributed by atoms with Crippen LogP contribution < -0.4 is 5.32 Å². The van der Waals surface area contributed by atoms with Crippen molar-refractivity contribution in [1.82, 2.24) is 4.90 Å². The van der Waals surface area contributed by atoms with Crippen LogP contribution in [-0.4, -0.2) is 29.8 Å². The quantitative estimate of drug-likeness (QED) is 0.872. The van der Waals surface area contributed by atoms with Gasteiger partial charge >= 0.3 is 0 Å². The molecule has 1 aliphatic heterocycles. The number of carbonyl (C=O) groups is 2. The van der Waals surface area contributed by atoms with Gasteiger partial charge in [0.05, 0.1) is 15.6 Å². The largest absolute Gasteiger partial charge is 0.339 e. The number of likely N-dealkylation sites (tertiary alicyclic amines) is 1. The van der Waals surface area contributed by atoms with Crippen LogP contribution in [0, 0.1) is 5.92 Å². The first-order valence-electron chi connectivity index (χ1n) is 7.98. The Labute approximate surface area is 150 Å². The van der Waals surface area contributed by atoms with Crippen LogP contribution in [0.3, 0.4) is 0 Å². The van der Waals surface area contributed by atoms with Crippen molar-refractivity contribution in [2.24, 2.45) is 5.92 Å². The summed E-state index contributed by atoms with van der Waals surface area (Å²) in [6.45, 7) is 3.77. The van der Waals surface area contributed by atoms with Gasteiger partial charge in [0, 0.05) is 18.7 Å². The smallest absolute Gasteiger partial charge is 0.265 e. The number of hydrogen-bond donors (Lipinski definition) is 1. The van der Waals surface area contributed by atoms with Crippen molar-refractivity contribution < 1.29 is 9.59 Å². The summed E-state index contributed by atoms with van der Waals surface area (Å²) in [6.07, 6.45) is 2.06. The Balaban J connectivity index is 1.76. The highest BCUT2D eigenvalue weighted by Gasteiger charge is 2.22. The van der Waals surface area contributed by atoms with Crippen molar-refractivity contribution in [2.75, 3.05) is 18.4 Å². The van der Waals surface area contributed by atoms with Gasteiger partial charge in [0.2, 0.25) is 0 Å². The molecule has 6 heteroatoms. The topological polar surface area (TPSA) is 49.4 Å². The molecule has 0 saturated carbocycles. The fraction of sp³-hybridized carbons (Fsp3) is 0.333. The summed E-state index contributed by atoms with van der Waals surface area (Å²) in [5.41, 5.74) is 1.02. The second-order valence-electron chi connectivity index (χ2n) is 6.10. The first-order valence-corrected chi connectivity index (χ1v) is 9.24. The van der Waals surface area contributed by atoms with Crippen LogP contribution in [-0.2, 0) is 0 Å². The molecule has 0 unspecified atom stereocenters. The van der Waals surface area contributed by atoms with Gasteiger partial charge in [-0.25, -0.2) is 0 Å². The lowest BCUT2D eigenvalue weighted by Crippen LogP contribution is -2.37. The molecule has 1 aliphatic rings. The maximum Gasteiger partial charge on any atom is 0.265 e. The Hall–Kier alpha value is -1.85. The van der Waals surface area contributed by atoms with Crippen molar-refractivity contribution in [1.29, 1.82) is 0 Å². The molecule has 2 amide bonds. The maximum atomic E-state index is 12.7. The van der Waals surface area contributed by atoms with Gasteiger partial charge in [-0.3, -0.25) is 9.59 Å². The molecule has 2 aromatic rings. The highest BCUT2D eigenvalue weighted by molar-refractivity contribution is 7.12. The maximum absolute atomic E-state index is 12.7. The first-order chi connectivity index (χ1) is 11.5. The molecular weight excluding hydrogens is 344 g/mol. The summed E-state index contributed by atoms with van der Waals surface area (Å²) in [6, 6.07) is 8.60. The van der Waals surface area contributed by atoms with Crippen molar-refractivity contribution >= 4 is 40.4 Å². The molecule has 1 aromatic heterocycles. The Morgan fingerprint density at radius 1 is 1.25 bits per heavy atom. The molecule has 1 fully saturated rings. The molecule has 24 heavy (non-hydrogen) atoms. The Morgan fingerprint density at radius 2 is 2.00 bits per heavy atom. The van der Waals surface area contributed by atoms with Gasteiger partial charge in [-0.15, -0.1) is 11.3 Å². The fourth-order valence-corrected chi connectivity index (χ4v) is 3.52. The van der Waals surface area contributed by atoms with Gasteiger partial charge in [0.1, 0.15) is 0 Å². The van der Waals surface area contributed by atoms with Gasteiger partial charge in [-0.1, -0.05) is 24.6 Å². The third-order valence-electron chi connectivity index (χ3n) is 4.28. The SMILES string of the molecule is CC1CCN(C(=O)c2ccc(Cl)c(NC(=O)c3cccs3)c2)CC1. The van der Waals surface area contributed by atoms with Crippen molar-refractivity contribution in [3.63, 3.8) is 0 Å². The van der Waals surface area contributed by atoms with Crippen LogP contribution in [0.15, 0.2) is 35.7 Å². The minimum absolute atomic E-state index is 0.00908. The van der Waals surface area contributed by atoms with E-state index < -0.39 is 0 Å². The summed E-state index contributed by atoms with van der Waals surface area (Å²) in [7, 11) is 0. The van der Waals surface area contributed by atoms with Crippen LogP contribution >= 0.6 is 22.9 Å². The van der Waals surface area contributed by atoms with Gasteiger partial charge in [-0.2, -0.15) is 0 Å². The molecule has 1 aromatic carbocycles. The first kappa shape index (κ1) is 17.0. The molecule has 2 heterocycles. The van der Waals surface area contributed by atoms with Crippen LogP contribution in [0.1, 0.15) is 39.8 Å². The van der Waals surface area contributed by atoms with E-state index >= 15 is 0 Å². The van der Waals surface area contributed by atoms with E-state index in [1.54, 1.807) is 24.3 Å². The van der Waals surface area contributed by atoms with E-state index in [0.29, 0.717) is 27.1 Å². The van der Waals surface area contributed by atoms with Gasteiger partial charge < -0.3 is 10.2 Å². The number of thiophene rings is 1. The van der Waals surface area contributed by atoms with Crippen LogP contribution in [0.2, 0.25) is 5.02 Å². The van der Waals surface area contributed by atoms with Crippen molar-refractivity contribution in [3.05, 3.63) is 51.2 Å². The lowest BCUT2D eigenvalue weighted by atomic mass is 9.98. The minimum atomic E-state index is -0.219. The number of benzene rings is 1. The number of anilines is 1. The molecule has 0 aliphatic carbocycles. The lowest BCUT2D eigenvalue weighted by molar-refractivity contribution is 0.0697. The van der Waals surface area contributed by atoms with Crippen molar-refractivity contribution in [2.45, 2.75) is 19.8 Å². The highest BCUT2D eigenvalue weighted by atomic mass is 35.5. The van der Waals surface area contributed by atoms with E-state index in [1.807, 2.05) is 16.3 Å². The Kier molecular flexibility index (Phi) is 5.21. The normalized spacial score (nSPS) is 15.3. The second kappa shape index (κ2) is 7.36. The minimum Gasteiger partial charge on any atom is -0.339 e. The van der Waals surface area contributed by atoms with Gasteiger partial charge in [0.15, 0.2) is 0 Å². The number of amides is 2. The lowest BCUT2D eigenvalue weighted by Gasteiger charge is -2.30. The molecule has 4 nitrogen and oxygen atoms in total. The average molecular weight is 363 g/mol. The van der Waals surface area contributed by atoms with Gasteiger partial charge in [-0.05, 0) is 48.4 Å². The molecular formula is C18H19ClN2O2S. The van der Waals surface area contributed by atoms with E-state index in [9.17, 15) is 9.59 Å². The summed E-state index contributed by atoms with van der Waals surface area (Å²) >= 11 is 7.53. The molecule has 0 atom stereocenters. The highest BCUT2D eigenvalue weighted by Crippen LogP contribution is 2.26. The predicted octanol–water partition coefficient (Wildman–Crippen LogP) is 4.53. The molecule has 1 saturated heterocycles. The number of hydrogen-bond acceptors (Lipinski definition) is 3. The van der Waals surface area contributed by atoms with Crippen molar-refractivity contribution in [3.8, 4) is 0 Å². The monoisotopic (exact) mass is 362 g/mol. The summed E-state index contributed by atoms with van der Waals surface area (Å²) in [5.74, 6) is 0.438. The number of piperidine rings is 1. The number of halogens is 1. The standard InChI is InChI=1S/C18H19ClN2O2S/c1-12-6-8-21(9-7-12)18(23)13-4-5-14(19)15(11-13)20-17(22)16-3-2-10-24-16/h2-5,10-12H,6-9H2,1H3,(H,20,22). The second-order valence-corrected chi connectivity index (χ2v) is 7.46. The van der Waals surface area contributed by atoms with E-state index in [1.165, 1.54) is 11.3 Å². The van der Waals surface area contributed by atoms with E-state index in [0.717, 1.165) is 25.9 Å². The Morgan fingerprint density at radius 3 is 2.67 bits per heavy atom. The zero-order valence-electron chi connectivity index (χ0n) is 13.4. The number of nitrogens with zero attached hydrogens (tertiary/aromatic N) is 1. The van der Waals surface area contributed by atoms with Crippen LogP contribution in [0.4, 0.5) is 5.69 Å². The third kappa shape index (κ3) is 3.79. The predicted molar refractivity (Wildman–Crippen MR) is 98.0 cm³/mol. The van der Waals surface area contributed by atoms with Gasteiger partial charge in [0.25, 0.3) is 11.8 Å². The zero-order chi connectivity index (χ0) is 17.1. The molecule has 0 spiro atoms. The molecule has 0 bridgehead atoms. The van der Waals surface area contributed by atoms with E-state index in [2.05, 4.69) is 12.2 Å². The average Bonchev–Trinajstić information content (AvgIpc) is 3.11. The van der Waals surface area contributed by atoms with E-state index in [4.69, 9.17) is 11.6 Å². The van der Waals surface area contributed by atoms with Crippen LogP contribution in [0.25, 0.3) is 0 Å². The molecule has 0 radical (unpaired) electrons. The Bertz CT molecular complexity index is 737. The van der Waals surface area contributed by atoms with E-state index in [-0.39, 0.29) is 11.8 Å². The summed E-state index contributed by atoms with van der Waals surface area (Å²) in [4.78, 5) is 27.3. The number of rotatable bonds is 3. The number of nitrogens with one attached hydrogen (secondary N) is 1. The number of carbonyl (C=O) groups excluding carboxylic acids is 2. The summed E-state index contributed by atoms with van der Waals surface area (Å²) in [5, 5.41) is 5.05. The fourth-order valence-electron chi connectivity index (χ4n) is 2.74. The molecule has 126 valence electrons. The van der Waals surface area contributed by atoms with Crippen LogP contribution in [0.5, 0.6) is 0 Å². The zero-order valence-corrected chi connectivity index (χ0v) is 15.0. The molecule has 1 N–H and O–H groups in total. The third-order valence-corrected chi connectivity index (χ3v) is 5.48. The summed E-state index contributed by atoms with van der Waals surface area (Å²) < 4.78 is 0.